The topological polar surface area (TPSA) is 37.3 Å². The van der Waals surface area contributed by atoms with Crippen molar-refractivity contribution < 1.29 is 9.90 Å². The van der Waals surface area contributed by atoms with Crippen molar-refractivity contribution in [1.82, 2.24) is 0 Å². The summed E-state index contributed by atoms with van der Waals surface area (Å²) in [6.07, 6.45) is 9.18. The molecule has 3 unspecified atom stereocenters. The molecular weight excluding hydrogens is 356 g/mol. The third kappa shape index (κ3) is 3.03. The van der Waals surface area contributed by atoms with E-state index >= 15 is 0 Å². The molecule has 2 aromatic carbocycles. The molecule has 2 fully saturated rings. The first-order chi connectivity index (χ1) is 14.1. The van der Waals surface area contributed by atoms with E-state index in [9.17, 15) is 9.90 Å². The molecule has 1 N–H and O–H groups in total. The summed E-state index contributed by atoms with van der Waals surface area (Å²) in [5, 5.41) is 10.7. The minimum Gasteiger partial charge on any atom is -0.508 e. The van der Waals surface area contributed by atoms with Crippen LogP contribution in [-0.4, -0.2) is 10.9 Å². The van der Waals surface area contributed by atoms with Gasteiger partial charge >= 0.3 is 0 Å². The predicted octanol–water partition coefficient (Wildman–Crippen LogP) is 5.99. The van der Waals surface area contributed by atoms with Crippen molar-refractivity contribution in [1.29, 1.82) is 0 Å². The fraction of sp³-hybridized carbons (Fsp3) is 0.519. The van der Waals surface area contributed by atoms with Gasteiger partial charge in [0.1, 0.15) is 11.5 Å². The first-order valence-electron chi connectivity index (χ1n) is 11.5. The van der Waals surface area contributed by atoms with Gasteiger partial charge in [-0.25, -0.2) is 0 Å². The van der Waals surface area contributed by atoms with Crippen molar-refractivity contribution in [3.8, 4) is 5.75 Å². The van der Waals surface area contributed by atoms with Gasteiger partial charge in [0, 0.05) is 11.8 Å². The van der Waals surface area contributed by atoms with Gasteiger partial charge in [-0.05, 0) is 97.4 Å². The quantitative estimate of drug-likeness (QED) is 0.698. The van der Waals surface area contributed by atoms with Crippen LogP contribution in [0.15, 0.2) is 42.5 Å². The third-order valence-corrected chi connectivity index (χ3v) is 8.53. The molecule has 0 aromatic heterocycles. The second kappa shape index (κ2) is 7.31. The van der Waals surface area contributed by atoms with Gasteiger partial charge < -0.3 is 5.11 Å². The number of carbonyl (C=O) groups is 1. The first-order valence-corrected chi connectivity index (χ1v) is 11.5. The lowest BCUT2D eigenvalue weighted by Crippen LogP contribution is -2.44. The van der Waals surface area contributed by atoms with Crippen molar-refractivity contribution in [2.24, 2.45) is 17.3 Å². The molecule has 2 aromatic rings. The van der Waals surface area contributed by atoms with E-state index in [-0.39, 0.29) is 5.41 Å². The lowest BCUT2D eigenvalue weighted by Gasteiger charge is -2.49. The summed E-state index contributed by atoms with van der Waals surface area (Å²) in [6.45, 7) is 2.23. The summed E-state index contributed by atoms with van der Waals surface area (Å²) in [5.74, 6) is 2.81. The van der Waals surface area contributed by atoms with Crippen LogP contribution >= 0.6 is 0 Å². The second-order valence-electron chi connectivity index (χ2n) is 9.59. The molecule has 3 aliphatic carbocycles. The largest absolute Gasteiger partial charge is 0.508 e. The Hall–Kier alpha value is -2.09. The van der Waals surface area contributed by atoms with E-state index in [1.165, 1.54) is 23.1 Å². The van der Waals surface area contributed by atoms with Gasteiger partial charge in [0.2, 0.25) is 0 Å². The number of phenols is 1. The number of rotatable bonds is 4. The zero-order valence-electron chi connectivity index (χ0n) is 17.5. The molecule has 29 heavy (non-hydrogen) atoms. The molecule has 2 heteroatoms. The van der Waals surface area contributed by atoms with Crippen LogP contribution < -0.4 is 0 Å². The highest BCUT2D eigenvalue weighted by Gasteiger charge is 2.56. The maximum atomic E-state index is 12.8. The Morgan fingerprint density at radius 1 is 1.03 bits per heavy atom. The number of ketones is 1. The molecule has 4 atom stereocenters. The summed E-state index contributed by atoms with van der Waals surface area (Å²) in [5.41, 5.74) is 5.21. The highest BCUT2D eigenvalue weighted by Crippen LogP contribution is 2.61. The molecule has 0 bridgehead atoms. The molecule has 0 aliphatic heterocycles. The van der Waals surface area contributed by atoms with E-state index < -0.39 is 0 Å². The lowest BCUT2D eigenvalue weighted by molar-refractivity contribution is -0.131. The zero-order chi connectivity index (χ0) is 20.0. The standard InChI is InChI=1S/C27H32O2/c1-2-27-15-14-21-22(24(27)12-13-26(27)29)11-10-19-17-25(28)20(16-23(19)21)9-8-18-6-4-3-5-7-18/h3-7,16-17,21-22,24,28H,2,8-15H2,1H3/t21?,22?,24?,27-/m0/s1. The minimum absolute atomic E-state index is 0.0221. The van der Waals surface area contributed by atoms with Gasteiger partial charge in [-0.1, -0.05) is 43.3 Å². The smallest absolute Gasteiger partial charge is 0.139 e. The SMILES string of the molecule is CC[C@]12CCC3c4cc(CCc5ccccc5)c(O)cc4CCC3C1CCC2=O. The number of benzene rings is 2. The number of aromatic hydroxyl groups is 1. The van der Waals surface area contributed by atoms with Crippen LogP contribution in [-0.2, 0) is 24.1 Å². The van der Waals surface area contributed by atoms with Crippen molar-refractivity contribution in [2.45, 2.75) is 70.6 Å². The molecular formula is C27H32O2. The van der Waals surface area contributed by atoms with Crippen LogP contribution in [0.2, 0.25) is 0 Å². The predicted molar refractivity (Wildman–Crippen MR) is 116 cm³/mol. The highest BCUT2D eigenvalue weighted by atomic mass is 16.3. The molecule has 2 saturated carbocycles. The maximum Gasteiger partial charge on any atom is 0.139 e. The average Bonchev–Trinajstić information content (AvgIpc) is 3.10. The number of carbonyl (C=O) groups excluding carboxylic acids is 1. The van der Waals surface area contributed by atoms with E-state index in [0.717, 1.165) is 56.9 Å². The Morgan fingerprint density at radius 3 is 2.66 bits per heavy atom. The first kappa shape index (κ1) is 18.9. The van der Waals surface area contributed by atoms with Gasteiger partial charge in [0.25, 0.3) is 0 Å². The average molecular weight is 389 g/mol. The fourth-order valence-corrected chi connectivity index (χ4v) is 7.00. The van der Waals surface area contributed by atoms with Crippen molar-refractivity contribution in [2.75, 3.05) is 0 Å². The van der Waals surface area contributed by atoms with Gasteiger partial charge in [-0.3, -0.25) is 4.79 Å². The Bertz CT molecular complexity index is 916. The molecule has 0 heterocycles. The number of hydrogen-bond donors (Lipinski definition) is 1. The molecule has 2 nitrogen and oxygen atoms in total. The van der Waals surface area contributed by atoms with E-state index in [4.69, 9.17) is 0 Å². The Morgan fingerprint density at radius 2 is 1.86 bits per heavy atom. The summed E-state index contributed by atoms with van der Waals surface area (Å²) in [4.78, 5) is 12.8. The second-order valence-corrected chi connectivity index (χ2v) is 9.59. The normalized spacial score (nSPS) is 30.5. The van der Waals surface area contributed by atoms with Crippen LogP contribution in [0.3, 0.4) is 0 Å². The number of aryl methyl sites for hydroxylation is 3. The van der Waals surface area contributed by atoms with Gasteiger partial charge in [-0.15, -0.1) is 0 Å². The Labute approximate surface area is 174 Å². The fourth-order valence-electron chi connectivity index (χ4n) is 7.00. The molecule has 3 aliphatic rings. The van der Waals surface area contributed by atoms with Gasteiger partial charge in [0.15, 0.2) is 0 Å². The molecule has 5 rings (SSSR count). The van der Waals surface area contributed by atoms with Crippen LogP contribution in [0.4, 0.5) is 0 Å². The van der Waals surface area contributed by atoms with Gasteiger partial charge in [0.05, 0.1) is 0 Å². The highest BCUT2D eigenvalue weighted by molar-refractivity contribution is 5.87. The minimum atomic E-state index is -0.0221. The molecule has 0 amide bonds. The summed E-state index contributed by atoms with van der Waals surface area (Å²) in [6, 6.07) is 14.9. The van der Waals surface area contributed by atoms with Gasteiger partial charge in [-0.2, -0.15) is 0 Å². The summed E-state index contributed by atoms with van der Waals surface area (Å²) in [7, 11) is 0. The summed E-state index contributed by atoms with van der Waals surface area (Å²) >= 11 is 0. The third-order valence-electron chi connectivity index (χ3n) is 8.53. The van der Waals surface area contributed by atoms with E-state index in [2.05, 4.69) is 37.3 Å². The van der Waals surface area contributed by atoms with Crippen LogP contribution in [0.25, 0.3) is 0 Å². The van der Waals surface area contributed by atoms with Crippen molar-refractivity contribution in [3.05, 3.63) is 64.7 Å². The molecule has 0 saturated heterocycles. The summed E-state index contributed by atoms with van der Waals surface area (Å²) < 4.78 is 0. The van der Waals surface area contributed by atoms with E-state index in [1.807, 2.05) is 12.1 Å². The van der Waals surface area contributed by atoms with Crippen LogP contribution in [0, 0.1) is 17.3 Å². The number of Topliss-reactive ketones (excluding diaryl/α,β-unsaturated/α-hetero) is 1. The maximum absolute atomic E-state index is 12.8. The number of phenolic OH excluding ortho intramolecular Hbond substituents is 1. The van der Waals surface area contributed by atoms with Crippen LogP contribution in [0.5, 0.6) is 5.75 Å². The van der Waals surface area contributed by atoms with Crippen molar-refractivity contribution in [3.63, 3.8) is 0 Å². The molecule has 0 radical (unpaired) electrons. The molecule has 152 valence electrons. The number of fused-ring (bicyclic) bond motifs is 5. The van der Waals surface area contributed by atoms with Crippen LogP contribution in [0.1, 0.15) is 73.6 Å². The Kier molecular flexibility index (Phi) is 4.76. The van der Waals surface area contributed by atoms with Crippen molar-refractivity contribution >= 4 is 5.78 Å². The Balaban J connectivity index is 1.43. The van der Waals surface area contributed by atoms with E-state index in [1.54, 1.807) is 0 Å². The lowest BCUT2D eigenvalue weighted by atomic mass is 9.54. The number of hydrogen-bond acceptors (Lipinski definition) is 2. The van der Waals surface area contributed by atoms with E-state index in [0.29, 0.717) is 29.3 Å². The zero-order valence-corrected chi connectivity index (χ0v) is 17.5. The monoisotopic (exact) mass is 388 g/mol. The molecule has 0 spiro atoms.